The SMILES string of the molecule is COc1ccc2c(c1)CC[C@@H]1[C@@H]2CC[C@@]2(C)[C@H]1CCc1nnnn12. The van der Waals surface area contributed by atoms with Gasteiger partial charge in [0.05, 0.1) is 12.6 Å². The lowest BCUT2D eigenvalue weighted by Crippen LogP contribution is -2.52. The molecule has 0 unspecified atom stereocenters. The first-order valence-electron chi connectivity index (χ1n) is 9.15. The molecule has 24 heavy (non-hydrogen) atoms. The van der Waals surface area contributed by atoms with Gasteiger partial charge in [-0.2, -0.15) is 0 Å². The summed E-state index contributed by atoms with van der Waals surface area (Å²) in [6.07, 6.45) is 7.10. The Bertz CT molecular complexity index is 785. The van der Waals surface area contributed by atoms with E-state index in [9.17, 15) is 0 Å². The zero-order valence-corrected chi connectivity index (χ0v) is 14.4. The van der Waals surface area contributed by atoms with Crippen molar-refractivity contribution in [1.82, 2.24) is 20.2 Å². The molecule has 0 saturated heterocycles. The minimum absolute atomic E-state index is 0.0994. The third-order valence-electron chi connectivity index (χ3n) is 6.99. The number of rotatable bonds is 1. The predicted molar refractivity (Wildman–Crippen MR) is 90.1 cm³/mol. The van der Waals surface area contributed by atoms with Gasteiger partial charge in [-0.1, -0.05) is 6.07 Å². The summed E-state index contributed by atoms with van der Waals surface area (Å²) in [6.45, 7) is 2.39. The highest BCUT2D eigenvalue weighted by Gasteiger charge is 2.52. The van der Waals surface area contributed by atoms with E-state index in [-0.39, 0.29) is 5.54 Å². The van der Waals surface area contributed by atoms with Crippen LogP contribution in [0.4, 0.5) is 0 Å². The lowest BCUT2D eigenvalue weighted by Gasteiger charge is -2.53. The first-order chi connectivity index (χ1) is 11.7. The van der Waals surface area contributed by atoms with Crippen LogP contribution in [-0.4, -0.2) is 27.3 Å². The quantitative estimate of drug-likeness (QED) is 0.809. The highest BCUT2D eigenvalue weighted by molar-refractivity contribution is 5.40. The second kappa shape index (κ2) is 5.04. The Morgan fingerprint density at radius 1 is 1.21 bits per heavy atom. The summed E-state index contributed by atoms with van der Waals surface area (Å²) in [5.41, 5.74) is 3.16. The van der Waals surface area contributed by atoms with Gasteiger partial charge in [-0.25, -0.2) is 4.68 Å². The molecular weight excluding hydrogens is 300 g/mol. The van der Waals surface area contributed by atoms with Gasteiger partial charge in [-0.3, -0.25) is 0 Å². The molecule has 2 aliphatic carbocycles. The lowest BCUT2D eigenvalue weighted by molar-refractivity contribution is 0.00802. The van der Waals surface area contributed by atoms with Crippen molar-refractivity contribution in [1.29, 1.82) is 0 Å². The van der Waals surface area contributed by atoms with E-state index in [2.05, 4.69) is 45.3 Å². The topological polar surface area (TPSA) is 52.8 Å². The summed E-state index contributed by atoms with van der Waals surface area (Å²) < 4.78 is 7.58. The van der Waals surface area contributed by atoms with E-state index in [0.29, 0.717) is 11.8 Å². The number of fused-ring (bicyclic) bond motifs is 7. The van der Waals surface area contributed by atoms with Crippen LogP contribution < -0.4 is 4.74 Å². The second-order valence-electron chi connectivity index (χ2n) is 7.92. The third kappa shape index (κ3) is 1.84. The van der Waals surface area contributed by atoms with E-state index in [1.165, 1.54) is 37.7 Å². The summed E-state index contributed by atoms with van der Waals surface area (Å²) in [5.74, 6) is 4.19. The first kappa shape index (κ1) is 14.4. The van der Waals surface area contributed by atoms with Crippen LogP contribution in [0.25, 0.3) is 0 Å². The Balaban J connectivity index is 1.53. The molecule has 5 nitrogen and oxygen atoms in total. The van der Waals surface area contributed by atoms with Crippen LogP contribution in [0, 0.1) is 11.8 Å². The summed E-state index contributed by atoms with van der Waals surface area (Å²) in [4.78, 5) is 0. The van der Waals surface area contributed by atoms with Gasteiger partial charge in [-0.05, 0) is 90.5 Å². The summed E-state index contributed by atoms with van der Waals surface area (Å²) >= 11 is 0. The normalized spacial score (nSPS) is 33.8. The molecule has 1 aliphatic heterocycles. The van der Waals surface area contributed by atoms with Gasteiger partial charge >= 0.3 is 0 Å². The molecule has 0 radical (unpaired) electrons. The molecule has 4 atom stereocenters. The minimum Gasteiger partial charge on any atom is -0.497 e. The number of aromatic nitrogens is 4. The summed E-state index contributed by atoms with van der Waals surface area (Å²) in [6, 6.07) is 6.70. The van der Waals surface area contributed by atoms with Crippen molar-refractivity contribution in [2.45, 2.75) is 56.9 Å². The lowest BCUT2D eigenvalue weighted by atomic mass is 9.56. The van der Waals surface area contributed by atoms with Crippen LogP contribution in [0.1, 0.15) is 55.5 Å². The monoisotopic (exact) mass is 324 g/mol. The molecule has 1 saturated carbocycles. The van der Waals surface area contributed by atoms with Gasteiger partial charge in [0.15, 0.2) is 5.82 Å². The van der Waals surface area contributed by atoms with Gasteiger partial charge in [0.25, 0.3) is 0 Å². The molecular formula is C19H24N4O. The largest absolute Gasteiger partial charge is 0.497 e. The van der Waals surface area contributed by atoms with Crippen molar-refractivity contribution < 1.29 is 4.74 Å². The molecule has 5 heteroatoms. The van der Waals surface area contributed by atoms with Crippen LogP contribution in [0.5, 0.6) is 5.75 Å². The van der Waals surface area contributed by atoms with Crippen LogP contribution >= 0.6 is 0 Å². The van der Waals surface area contributed by atoms with Crippen LogP contribution in [0.15, 0.2) is 18.2 Å². The number of tetrazole rings is 1. The summed E-state index contributed by atoms with van der Waals surface area (Å²) in [5, 5.41) is 12.5. The second-order valence-corrected chi connectivity index (χ2v) is 7.92. The maximum atomic E-state index is 5.42. The van der Waals surface area contributed by atoms with Crippen molar-refractivity contribution in [2.75, 3.05) is 7.11 Å². The van der Waals surface area contributed by atoms with Crippen LogP contribution in [0.3, 0.4) is 0 Å². The van der Waals surface area contributed by atoms with E-state index in [1.54, 1.807) is 12.7 Å². The van der Waals surface area contributed by atoms with E-state index >= 15 is 0 Å². The highest BCUT2D eigenvalue weighted by Crippen LogP contribution is 2.56. The van der Waals surface area contributed by atoms with E-state index < -0.39 is 0 Å². The zero-order chi connectivity index (χ0) is 16.3. The Hall–Kier alpha value is -1.91. The van der Waals surface area contributed by atoms with Crippen molar-refractivity contribution in [3.8, 4) is 5.75 Å². The predicted octanol–water partition coefficient (Wildman–Crippen LogP) is 3.10. The van der Waals surface area contributed by atoms with Gasteiger partial charge in [0.2, 0.25) is 0 Å². The fraction of sp³-hybridized carbons (Fsp3) is 0.632. The number of methoxy groups -OCH3 is 1. The number of hydrogen-bond acceptors (Lipinski definition) is 4. The molecule has 2 heterocycles. The zero-order valence-electron chi connectivity index (χ0n) is 14.4. The van der Waals surface area contributed by atoms with E-state index in [0.717, 1.165) is 23.9 Å². The summed E-state index contributed by atoms with van der Waals surface area (Å²) in [7, 11) is 1.76. The van der Waals surface area contributed by atoms with Crippen molar-refractivity contribution >= 4 is 0 Å². The average Bonchev–Trinajstić information content (AvgIpc) is 3.10. The first-order valence-corrected chi connectivity index (χ1v) is 9.15. The number of nitrogens with zero attached hydrogens (tertiary/aromatic N) is 4. The Labute approximate surface area is 142 Å². The van der Waals surface area contributed by atoms with Crippen molar-refractivity contribution in [3.63, 3.8) is 0 Å². The van der Waals surface area contributed by atoms with Gasteiger partial charge < -0.3 is 4.74 Å². The maximum absolute atomic E-state index is 5.42. The van der Waals surface area contributed by atoms with E-state index in [4.69, 9.17) is 4.74 Å². The minimum atomic E-state index is 0.0994. The highest BCUT2D eigenvalue weighted by atomic mass is 16.5. The fourth-order valence-electron chi connectivity index (χ4n) is 5.82. The van der Waals surface area contributed by atoms with E-state index in [1.807, 2.05) is 0 Å². The molecule has 1 aromatic carbocycles. The molecule has 0 spiro atoms. The smallest absolute Gasteiger partial charge is 0.151 e. The Morgan fingerprint density at radius 3 is 3.00 bits per heavy atom. The van der Waals surface area contributed by atoms with Crippen molar-refractivity contribution in [3.05, 3.63) is 35.2 Å². The van der Waals surface area contributed by atoms with Crippen LogP contribution in [-0.2, 0) is 18.4 Å². The number of benzene rings is 1. The maximum Gasteiger partial charge on any atom is 0.151 e. The van der Waals surface area contributed by atoms with Crippen LogP contribution in [0.2, 0.25) is 0 Å². The third-order valence-corrected chi connectivity index (χ3v) is 6.99. The molecule has 1 fully saturated rings. The molecule has 5 rings (SSSR count). The number of aryl methyl sites for hydroxylation is 2. The Morgan fingerprint density at radius 2 is 2.12 bits per heavy atom. The molecule has 126 valence electrons. The van der Waals surface area contributed by atoms with Crippen molar-refractivity contribution in [2.24, 2.45) is 11.8 Å². The number of ether oxygens (including phenoxy) is 1. The average molecular weight is 324 g/mol. The molecule has 2 aromatic rings. The van der Waals surface area contributed by atoms with Gasteiger partial charge in [0, 0.05) is 6.42 Å². The standard InChI is InChI=1S/C19H24N4O/c1-19-10-9-15-14-6-4-13(24-2)11-12(14)3-5-16(15)17(19)7-8-18-20-21-22-23(18)19/h4,6,11,15-17H,3,5,7-10H2,1-2H3/t15-,16-,17+,19+/m1/s1. The molecule has 0 bridgehead atoms. The number of hydrogen-bond donors (Lipinski definition) is 0. The Kier molecular flexibility index (Phi) is 3.03. The molecule has 0 amide bonds. The van der Waals surface area contributed by atoms with Gasteiger partial charge in [0.1, 0.15) is 5.75 Å². The molecule has 0 N–H and O–H groups in total. The fourth-order valence-corrected chi connectivity index (χ4v) is 5.82. The molecule has 3 aliphatic rings. The molecule has 1 aromatic heterocycles. The van der Waals surface area contributed by atoms with Gasteiger partial charge in [-0.15, -0.1) is 5.10 Å².